The molecular formula is C27H38N6O6. The lowest BCUT2D eigenvalue weighted by Gasteiger charge is -2.29. The van der Waals surface area contributed by atoms with Crippen LogP contribution in [0.25, 0.3) is 0 Å². The Balaban J connectivity index is 1.82. The molecule has 0 radical (unpaired) electrons. The van der Waals surface area contributed by atoms with E-state index in [0.717, 1.165) is 0 Å². The van der Waals surface area contributed by atoms with Crippen molar-refractivity contribution < 1.29 is 29.0 Å². The molecule has 212 valence electrons. The van der Waals surface area contributed by atoms with Gasteiger partial charge in [0.1, 0.15) is 17.5 Å². The van der Waals surface area contributed by atoms with Gasteiger partial charge in [-0.2, -0.15) is 4.98 Å². The Morgan fingerprint density at radius 2 is 1.77 bits per heavy atom. The summed E-state index contributed by atoms with van der Waals surface area (Å²) in [5.41, 5.74) is 1.12. The van der Waals surface area contributed by atoms with Crippen LogP contribution in [0, 0.1) is 0 Å². The van der Waals surface area contributed by atoms with Crippen molar-refractivity contribution >= 4 is 35.4 Å². The van der Waals surface area contributed by atoms with Crippen LogP contribution in [0.3, 0.4) is 0 Å². The van der Waals surface area contributed by atoms with Crippen LogP contribution < -0.4 is 19.9 Å². The maximum Gasteiger partial charge on any atom is 0.415 e. The molecule has 1 aliphatic rings. The van der Waals surface area contributed by atoms with Gasteiger partial charge in [-0.15, -0.1) is 0 Å². The Kier molecular flexibility index (Phi) is 10.4. The third-order valence-electron chi connectivity index (χ3n) is 6.36. The molecule has 1 saturated heterocycles. The standard InChI is InChI=1S/C27H38N6O6/c1-6-31(7-2)26-28-17-23(33(18(3)4)19(5)34)24(30-26)29-22(25(35)36)16-20-8-10-21(11-9-20)39-27(37)32-12-14-38-15-13-32/h8-11,17-18,22H,6-7,12-16H2,1-5H3,(H,35,36)(H,28,29,30)/t22-/m1/s1. The first kappa shape index (κ1) is 29.6. The summed E-state index contributed by atoms with van der Waals surface area (Å²) in [5, 5.41) is 13.1. The van der Waals surface area contributed by atoms with E-state index in [-0.39, 0.29) is 24.2 Å². The van der Waals surface area contributed by atoms with Gasteiger partial charge in [-0.25, -0.2) is 14.6 Å². The van der Waals surface area contributed by atoms with Gasteiger partial charge >= 0.3 is 12.1 Å². The van der Waals surface area contributed by atoms with Gasteiger partial charge in [0.15, 0.2) is 5.82 Å². The first-order valence-electron chi connectivity index (χ1n) is 13.2. The largest absolute Gasteiger partial charge is 0.480 e. The molecule has 2 aromatic rings. The summed E-state index contributed by atoms with van der Waals surface area (Å²) in [6, 6.07) is 5.47. The van der Waals surface area contributed by atoms with Gasteiger partial charge in [0.2, 0.25) is 11.9 Å². The van der Waals surface area contributed by atoms with E-state index in [1.54, 1.807) is 35.4 Å². The number of nitrogens with one attached hydrogen (secondary N) is 1. The van der Waals surface area contributed by atoms with Gasteiger partial charge in [-0.1, -0.05) is 12.1 Å². The zero-order valence-corrected chi connectivity index (χ0v) is 23.2. The monoisotopic (exact) mass is 542 g/mol. The van der Waals surface area contributed by atoms with Gasteiger partial charge in [0.05, 0.1) is 19.4 Å². The molecule has 1 fully saturated rings. The number of ether oxygens (including phenoxy) is 2. The number of morpholine rings is 1. The number of benzene rings is 1. The second-order valence-electron chi connectivity index (χ2n) is 9.41. The van der Waals surface area contributed by atoms with Gasteiger partial charge < -0.3 is 34.6 Å². The molecule has 2 N–H and O–H groups in total. The second kappa shape index (κ2) is 13.7. The van der Waals surface area contributed by atoms with E-state index in [2.05, 4.69) is 15.3 Å². The normalized spacial score (nSPS) is 14.1. The number of aliphatic carboxylic acids is 1. The lowest BCUT2D eigenvalue weighted by molar-refractivity contribution is -0.137. The number of hydrogen-bond acceptors (Lipinski definition) is 9. The average molecular weight is 543 g/mol. The van der Waals surface area contributed by atoms with Gasteiger partial charge in [-0.3, -0.25) is 4.79 Å². The van der Waals surface area contributed by atoms with Crippen LogP contribution >= 0.6 is 0 Å². The molecule has 0 aliphatic carbocycles. The van der Waals surface area contributed by atoms with E-state index < -0.39 is 18.1 Å². The summed E-state index contributed by atoms with van der Waals surface area (Å²) in [4.78, 5) is 51.2. The van der Waals surface area contributed by atoms with E-state index in [9.17, 15) is 19.5 Å². The number of nitrogens with zero attached hydrogens (tertiary/aromatic N) is 5. The molecule has 0 unspecified atom stereocenters. The zero-order valence-electron chi connectivity index (χ0n) is 23.2. The van der Waals surface area contributed by atoms with Crippen molar-refractivity contribution in [2.75, 3.05) is 54.5 Å². The number of rotatable bonds is 11. The quantitative estimate of drug-likeness (QED) is 0.436. The Bertz CT molecular complexity index is 1130. The Morgan fingerprint density at radius 1 is 1.13 bits per heavy atom. The van der Waals surface area contributed by atoms with Crippen molar-refractivity contribution in [2.45, 2.75) is 53.1 Å². The van der Waals surface area contributed by atoms with Crippen LogP contribution in [-0.4, -0.2) is 89.4 Å². The minimum Gasteiger partial charge on any atom is -0.480 e. The van der Waals surface area contributed by atoms with Crippen LogP contribution in [0.2, 0.25) is 0 Å². The molecule has 2 amide bonds. The van der Waals surface area contributed by atoms with Gasteiger partial charge in [0, 0.05) is 45.6 Å². The van der Waals surface area contributed by atoms with Crippen molar-refractivity contribution in [3.05, 3.63) is 36.0 Å². The summed E-state index contributed by atoms with van der Waals surface area (Å²) < 4.78 is 10.7. The summed E-state index contributed by atoms with van der Waals surface area (Å²) in [6.07, 6.45) is 1.23. The lowest BCUT2D eigenvalue weighted by Crippen LogP contribution is -2.42. The summed E-state index contributed by atoms with van der Waals surface area (Å²) in [6.45, 7) is 12.4. The van der Waals surface area contributed by atoms with E-state index in [0.29, 0.717) is 62.3 Å². The fraction of sp³-hybridized carbons (Fsp3) is 0.519. The second-order valence-corrected chi connectivity index (χ2v) is 9.41. The van der Waals surface area contributed by atoms with Gasteiger partial charge in [-0.05, 0) is 45.4 Å². The molecule has 0 spiro atoms. The number of hydrogen-bond donors (Lipinski definition) is 2. The average Bonchev–Trinajstić information content (AvgIpc) is 2.91. The molecule has 2 heterocycles. The van der Waals surface area contributed by atoms with Crippen molar-refractivity contribution in [1.29, 1.82) is 0 Å². The van der Waals surface area contributed by atoms with Crippen LogP contribution in [0.1, 0.15) is 40.2 Å². The molecular weight excluding hydrogens is 504 g/mol. The molecule has 1 aliphatic heterocycles. The summed E-state index contributed by atoms with van der Waals surface area (Å²) >= 11 is 0. The van der Waals surface area contributed by atoms with E-state index in [1.807, 2.05) is 32.6 Å². The third kappa shape index (κ3) is 7.79. The number of anilines is 3. The van der Waals surface area contributed by atoms with Crippen molar-refractivity contribution in [1.82, 2.24) is 14.9 Å². The van der Waals surface area contributed by atoms with Crippen molar-refractivity contribution in [3.8, 4) is 5.75 Å². The smallest absolute Gasteiger partial charge is 0.415 e. The maximum absolute atomic E-state index is 12.5. The first-order chi connectivity index (χ1) is 18.6. The lowest BCUT2D eigenvalue weighted by atomic mass is 10.1. The van der Waals surface area contributed by atoms with Crippen LogP contribution in [0.15, 0.2) is 30.5 Å². The molecule has 12 heteroatoms. The highest BCUT2D eigenvalue weighted by Crippen LogP contribution is 2.29. The predicted molar refractivity (Wildman–Crippen MR) is 147 cm³/mol. The molecule has 0 saturated carbocycles. The van der Waals surface area contributed by atoms with E-state index in [1.165, 1.54) is 11.8 Å². The fourth-order valence-electron chi connectivity index (χ4n) is 4.32. The third-order valence-corrected chi connectivity index (χ3v) is 6.36. The van der Waals surface area contributed by atoms with Crippen molar-refractivity contribution in [3.63, 3.8) is 0 Å². The highest BCUT2D eigenvalue weighted by molar-refractivity contribution is 5.95. The van der Waals surface area contributed by atoms with E-state index in [4.69, 9.17) is 9.47 Å². The number of amides is 2. The number of carboxylic acids is 1. The fourth-order valence-corrected chi connectivity index (χ4v) is 4.32. The summed E-state index contributed by atoms with van der Waals surface area (Å²) in [7, 11) is 0. The molecule has 3 rings (SSSR count). The Labute approximate surface area is 228 Å². The first-order valence-corrected chi connectivity index (χ1v) is 13.2. The SMILES string of the molecule is CCN(CC)c1ncc(N(C(C)=O)C(C)C)c(N[C@H](Cc2ccc(OC(=O)N3CCOCC3)cc2)C(=O)O)n1. The Hall–Kier alpha value is -3.93. The molecule has 39 heavy (non-hydrogen) atoms. The maximum atomic E-state index is 12.5. The van der Waals surface area contributed by atoms with Crippen LogP contribution in [0.4, 0.5) is 22.2 Å². The highest BCUT2D eigenvalue weighted by atomic mass is 16.6. The minimum atomic E-state index is -1.08. The molecule has 1 aromatic carbocycles. The van der Waals surface area contributed by atoms with Crippen LogP contribution in [0.5, 0.6) is 5.75 Å². The van der Waals surface area contributed by atoms with Crippen LogP contribution in [-0.2, 0) is 20.7 Å². The van der Waals surface area contributed by atoms with Crippen molar-refractivity contribution in [2.24, 2.45) is 0 Å². The number of carboxylic acid groups (broad SMARTS) is 1. The van der Waals surface area contributed by atoms with E-state index >= 15 is 0 Å². The number of aromatic nitrogens is 2. The molecule has 12 nitrogen and oxygen atoms in total. The highest BCUT2D eigenvalue weighted by Gasteiger charge is 2.26. The minimum absolute atomic E-state index is 0.124. The number of carbonyl (C=O) groups excluding carboxylic acids is 2. The summed E-state index contributed by atoms with van der Waals surface area (Å²) in [5.74, 6) is -0.216. The zero-order chi connectivity index (χ0) is 28.5. The number of carbonyl (C=O) groups is 3. The molecule has 1 aromatic heterocycles. The Morgan fingerprint density at radius 3 is 2.31 bits per heavy atom. The predicted octanol–water partition coefficient (Wildman–Crippen LogP) is 3.02. The molecule has 1 atom stereocenters. The van der Waals surface area contributed by atoms with Gasteiger partial charge in [0.25, 0.3) is 0 Å². The molecule has 0 bridgehead atoms. The topological polar surface area (TPSA) is 137 Å².